The maximum atomic E-state index is 6.15. The topological polar surface area (TPSA) is 31.4 Å². The summed E-state index contributed by atoms with van der Waals surface area (Å²) in [5.74, 6) is 0. The summed E-state index contributed by atoms with van der Waals surface area (Å²) >= 11 is 11.4. The van der Waals surface area contributed by atoms with Gasteiger partial charge in [-0.25, -0.2) is 4.98 Å². The molecule has 1 aliphatic rings. The van der Waals surface area contributed by atoms with Gasteiger partial charge in [0.1, 0.15) is 0 Å². The number of aryl methyl sites for hydroxylation is 1. The van der Waals surface area contributed by atoms with E-state index in [9.17, 15) is 0 Å². The highest BCUT2D eigenvalue weighted by atomic mass is 33.5. The van der Waals surface area contributed by atoms with Gasteiger partial charge in [0.05, 0.1) is 26.4 Å². The minimum Gasteiger partial charge on any atom is -0.399 e. The molecule has 4 rings (SSSR count). The molecule has 2 heterocycles. The van der Waals surface area contributed by atoms with Gasteiger partial charge in [0.15, 0.2) is 0 Å². The Morgan fingerprint density at radius 1 is 0.392 bits per heavy atom. The number of hydrogen-bond donors (Lipinski definition) is 0. The average Bonchev–Trinajstić information content (AvgIpc) is 3.88. The fraction of sp³-hybridized carbons (Fsp3) is 0.421. The number of aromatic nitrogens is 1. The third kappa shape index (κ3) is 41.1. The fourth-order valence-corrected chi connectivity index (χ4v) is 131. The van der Waals surface area contributed by atoms with Crippen LogP contribution in [0.4, 0.5) is 0 Å². The van der Waals surface area contributed by atoms with E-state index >= 15 is 0 Å². The smallest absolute Gasteiger partial charge is 0.399 e. The molecule has 1 aliphatic heterocycles. The second-order valence-electron chi connectivity index (χ2n) is 10.5. The Hall–Kier alpha value is 9.57. The Labute approximate surface area is 581 Å². The minimum atomic E-state index is -0.322. The summed E-state index contributed by atoms with van der Waals surface area (Å²) in [6, 6.07) is 10.7. The van der Waals surface area contributed by atoms with Gasteiger partial charge in [-0.05, 0) is 51.5 Å². The number of hydrogen-bond acceptors (Lipinski definition) is 6. The minimum absolute atomic E-state index is 0. The van der Waals surface area contributed by atoms with Crippen LogP contribution in [0, 0.1) is 6.92 Å². The van der Waals surface area contributed by atoms with E-state index in [4.69, 9.17) is 31.7 Å². The molecule has 1 fully saturated rings. The zero-order chi connectivity index (χ0) is 52.3. The van der Waals surface area contributed by atoms with E-state index in [1.54, 1.807) is 118 Å². The molecular formula is C19H24BNO2S51. The first-order chi connectivity index (χ1) is 35.7. The molecule has 1 aromatic heterocycles. The standard InChI is InChI=1S/C18H20BNO2S.CH4.S50/c1-11-20-16-14-8-7-13(10-12(14)6-9-15(16)23-11)19-21-17(2,3)18(4,5)22-19;;1-3-5-7-9-11-13-15-17-19-21-23-25-27-29-31-33-35-37-39-41-43-45-47-49-50-48-46-44-42-40-38-36-34-32-30-28-26-24-22-20-18-16-14-12-10-8-6-4-2/h6-10H,1-5H3;1H4;. The Bertz CT molecular complexity index is 4650. The molecule has 0 atom stereocenters. The highest BCUT2D eigenvalue weighted by Gasteiger charge is 2.51. The van der Waals surface area contributed by atoms with Crippen molar-refractivity contribution in [1.29, 1.82) is 0 Å². The maximum absolute atomic E-state index is 6.15. The Kier molecular flexibility index (Phi) is 59.7. The van der Waals surface area contributed by atoms with Crippen LogP contribution in [-0.4, -0.2) is 23.3 Å². The summed E-state index contributed by atoms with van der Waals surface area (Å²) in [5, 5.41) is 3.46. The fourth-order valence-electron chi connectivity index (χ4n) is 3.50. The average molecular weight is 1940 g/mol. The summed E-state index contributed by atoms with van der Waals surface area (Å²) in [7, 11) is 85.4. The van der Waals surface area contributed by atoms with Crippen molar-refractivity contribution >= 4 is 494 Å². The first-order valence-electron chi connectivity index (χ1n) is 16.1. The lowest BCUT2D eigenvalue weighted by Gasteiger charge is -2.32. The summed E-state index contributed by atoms with van der Waals surface area (Å²) in [5.41, 5.74) is 1.51. The van der Waals surface area contributed by atoms with E-state index in [0.29, 0.717) is 0 Å². The highest BCUT2D eigenvalue weighted by Crippen LogP contribution is 2.37. The molecule has 74 heavy (non-hydrogen) atoms. The molecule has 0 unspecified atom stereocenters. The van der Waals surface area contributed by atoms with Crippen LogP contribution in [0.25, 0.3) is 21.0 Å². The van der Waals surface area contributed by atoms with Gasteiger partial charge < -0.3 is 9.31 Å². The van der Waals surface area contributed by atoms with Crippen molar-refractivity contribution in [2.45, 2.75) is 53.2 Å². The number of fused-ring (bicyclic) bond motifs is 3. The van der Waals surface area contributed by atoms with Gasteiger partial charge in [0, 0.05) is 454 Å². The lowest BCUT2D eigenvalue weighted by Crippen LogP contribution is -2.41. The molecule has 0 saturated carbocycles. The van der Waals surface area contributed by atoms with Crippen LogP contribution in [0.1, 0.15) is 40.1 Å². The van der Waals surface area contributed by atoms with E-state index < -0.39 is 0 Å². The van der Waals surface area contributed by atoms with E-state index in [0.717, 1.165) is 16.0 Å². The first-order valence-corrected chi connectivity index (χ1v) is 82.2. The second kappa shape index (κ2) is 55.4. The van der Waals surface area contributed by atoms with Gasteiger partial charge >= 0.3 is 7.12 Å². The van der Waals surface area contributed by atoms with Crippen molar-refractivity contribution in [2.24, 2.45) is 0 Å². The van der Waals surface area contributed by atoms with Crippen molar-refractivity contribution in [1.82, 2.24) is 4.98 Å². The lowest BCUT2D eigenvalue weighted by molar-refractivity contribution is 0.00578. The third-order valence-corrected chi connectivity index (χ3v) is 112. The predicted octanol–water partition coefficient (Wildman–Crippen LogP) is 4.57. The van der Waals surface area contributed by atoms with E-state index in [1.807, 2.05) is 302 Å². The van der Waals surface area contributed by atoms with Crippen molar-refractivity contribution in [2.75, 3.05) is 0 Å². The van der Waals surface area contributed by atoms with Crippen LogP contribution in [-0.2, 0) is 458 Å². The quantitative estimate of drug-likeness (QED) is 0.334. The van der Waals surface area contributed by atoms with Gasteiger partial charge in [0.25, 0.3) is 0 Å². The molecule has 1 saturated heterocycles. The zero-order valence-electron chi connectivity index (χ0n) is 34.5. The molecule has 55 heteroatoms. The van der Waals surface area contributed by atoms with E-state index in [-0.39, 0.29) is 25.7 Å². The number of thiazole rings is 1. The molecule has 0 spiro atoms. The predicted molar refractivity (Wildman–Crippen MR) is 473 cm³/mol. The molecule has 3 aromatic rings. The van der Waals surface area contributed by atoms with E-state index in [1.165, 1.54) is 33.2 Å². The summed E-state index contributed by atoms with van der Waals surface area (Å²) in [4.78, 5) is 4.67. The van der Waals surface area contributed by atoms with Crippen LogP contribution >= 0.6 is 11.3 Å². The van der Waals surface area contributed by atoms with Gasteiger partial charge in [-0.1, -0.05) is 31.7 Å². The SMILES string of the molecule is C.Cc1nc2c(ccc3cc(B4OC(C)(C)C(C)(C)O4)ccc32)s1.S=S=S=S=S=S=S=S=S=S=S=S=S=S=S=S=S=S=S=S=S=S=S=S=S=S=S=S=S=S=S=S=S=S=S=S=S=S=S=S=S=S=S=S=S=S=S=S=S=S. The Morgan fingerprint density at radius 2 is 0.649 bits per heavy atom. The Morgan fingerprint density at radius 3 is 0.905 bits per heavy atom. The first kappa shape index (κ1) is 79.7. The third-order valence-electron chi connectivity index (χ3n) is 6.34. The second-order valence-corrected chi connectivity index (χ2v) is 96.6. The number of nitrogens with zero attached hydrogens (tertiary/aromatic N) is 1. The molecule has 0 amide bonds. The van der Waals surface area contributed by atoms with Crippen LogP contribution < -0.4 is 5.46 Å². The van der Waals surface area contributed by atoms with Crippen molar-refractivity contribution in [3.05, 3.63) is 35.3 Å². The molecule has 426 valence electrons. The maximum Gasteiger partial charge on any atom is 0.494 e. The summed E-state index contributed by atoms with van der Waals surface area (Å²) in [6.07, 6.45) is 0. The molecule has 3 nitrogen and oxygen atoms in total. The zero-order valence-corrected chi connectivity index (χ0v) is 76.2. The van der Waals surface area contributed by atoms with Crippen molar-refractivity contribution in [3.63, 3.8) is 0 Å². The number of rotatable bonds is 1. The molecule has 0 N–H and O–H groups in total. The Balaban J connectivity index is 0.000000638. The summed E-state index contributed by atoms with van der Waals surface area (Å²) < 4.78 is 13.5. The molecular weight excluding hydrogens is 1920 g/mol. The van der Waals surface area contributed by atoms with Gasteiger partial charge in [0.2, 0.25) is 0 Å². The van der Waals surface area contributed by atoms with Gasteiger partial charge in [-0.3, -0.25) is 0 Å². The monoisotopic (exact) mass is 1940 g/mol. The van der Waals surface area contributed by atoms with Crippen LogP contribution in [0.2, 0.25) is 0 Å². The van der Waals surface area contributed by atoms with Crippen molar-refractivity contribution < 1.29 is 9.31 Å². The molecule has 0 radical (unpaired) electrons. The van der Waals surface area contributed by atoms with Gasteiger partial charge in [-0.15, -0.1) is 11.3 Å². The van der Waals surface area contributed by atoms with Crippen LogP contribution in [0.3, 0.4) is 0 Å². The normalized spacial score (nSPS) is 11.4. The number of benzene rings is 2. The largest absolute Gasteiger partial charge is 0.494 e. The highest BCUT2D eigenvalue weighted by molar-refractivity contribution is 8.82. The van der Waals surface area contributed by atoms with E-state index in [2.05, 4.69) is 69.9 Å². The lowest BCUT2D eigenvalue weighted by atomic mass is 9.78. The van der Waals surface area contributed by atoms with Crippen LogP contribution in [0.15, 0.2) is 30.3 Å². The molecule has 0 aliphatic carbocycles. The van der Waals surface area contributed by atoms with Crippen LogP contribution in [0.5, 0.6) is 0 Å². The van der Waals surface area contributed by atoms with Gasteiger partial charge in [-0.2, -0.15) is 0 Å². The van der Waals surface area contributed by atoms with Crippen molar-refractivity contribution in [3.8, 4) is 0 Å². The summed E-state index contributed by atoms with van der Waals surface area (Å²) in [6.45, 7) is 10.4. The molecule has 2 aromatic carbocycles. The molecule has 0 bridgehead atoms.